The van der Waals surface area contributed by atoms with E-state index in [1.165, 1.54) is 15.6 Å². The lowest BCUT2D eigenvalue weighted by molar-refractivity contribution is -0.127. The smallest absolute Gasteiger partial charge is 0.257 e. The van der Waals surface area contributed by atoms with Gasteiger partial charge in [-0.15, -0.1) is 15.7 Å². The van der Waals surface area contributed by atoms with E-state index < -0.39 is 20.0 Å². The second-order valence-corrected chi connectivity index (χ2v) is 12.1. The van der Waals surface area contributed by atoms with Crippen molar-refractivity contribution in [3.63, 3.8) is 0 Å². The lowest BCUT2D eigenvalue weighted by Gasteiger charge is -2.36. The van der Waals surface area contributed by atoms with E-state index >= 15 is 0 Å². The standard InChI is InChI=1S/C17H20N4O5S3/c1-13-4-5-15(27-13)29(25,26)21-9-7-20(8-10-21)17(22)14-3-2-6-19-11-12-28(23,24)18-16(14)19/h2-6H,7-12H2,1H3. The molecule has 0 saturated carbocycles. The summed E-state index contributed by atoms with van der Waals surface area (Å²) < 4.78 is 54.7. The lowest BCUT2D eigenvalue weighted by Crippen LogP contribution is -2.52. The van der Waals surface area contributed by atoms with Gasteiger partial charge in [0, 0.05) is 43.8 Å². The molecule has 12 heteroatoms. The third-order valence-electron chi connectivity index (χ3n) is 4.92. The molecule has 9 nitrogen and oxygen atoms in total. The van der Waals surface area contributed by atoms with Crippen molar-refractivity contribution in [3.05, 3.63) is 40.9 Å². The summed E-state index contributed by atoms with van der Waals surface area (Å²) >= 11 is 1.23. The molecule has 156 valence electrons. The Kier molecular flexibility index (Phi) is 5.13. The summed E-state index contributed by atoms with van der Waals surface area (Å²) in [5, 5.41) is 0. The van der Waals surface area contributed by atoms with Gasteiger partial charge in [0.25, 0.3) is 26.0 Å². The molecule has 29 heavy (non-hydrogen) atoms. The number of sulfonamides is 2. The highest BCUT2D eigenvalue weighted by Gasteiger charge is 2.35. The van der Waals surface area contributed by atoms with Gasteiger partial charge in [0.05, 0.1) is 11.3 Å². The fraction of sp³-hybridized carbons (Fsp3) is 0.412. The number of allylic oxidation sites excluding steroid dienone is 2. The minimum Gasteiger partial charge on any atom is -0.336 e. The molecule has 1 amide bonds. The number of amides is 1. The van der Waals surface area contributed by atoms with E-state index in [4.69, 9.17) is 0 Å². The Morgan fingerprint density at radius 3 is 2.52 bits per heavy atom. The number of piperazine rings is 1. The van der Waals surface area contributed by atoms with Gasteiger partial charge in [-0.25, -0.2) is 16.8 Å². The van der Waals surface area contributed by atoms with Crippen LogP contribution in [0, 0.1) is 6.92 Å². The summed E-state index contributed by atoms with van der Waals surface area (Å²) in [7, 11) is -7.17. The Balaban J connectivity index is 1.49. The van der Waals surface area contributed by atoms with Crippen LogP contribution in [0.15, 0.2) is 44.7 Å². The molecule has 3 aliphatic heterocycles. The summed E-state index contributed by atoms with van der Waals surface area (Å²) in [5.74, 6) is -0.312. The molecule has 0 aromatic carbocycles. The van der Waals surface area contributed by atoms with E-state index in [0.29, 0.717) is 4.21 Å². The van der Waals surface area contributed by atoms with Crippen molar-refractivity contribution in [2.75, 3.05) is 38.5 Å². The SMILES string of the molecule is Cc1ccc(S(=O)(=O)N2CCN(C(=O)C3=CC=CN4CCS(=O)(=O)N=C34)CC2)s1. The number of fused-ring (bicyclic) bond motifs is 1. The zero-order chi connectivity index (χ0) is 20.8. The highest BCUT2D eigenvalue weighted by molar-refractivity contribution is 7.91. The first kappa shape index (κ1) is 20.3. The zero-order valence-electron chi connectivity index (χ0n) is 15.7. The monoisotopic (exact) mass is 456 g/mol. The van der Waals surface area contributed by atoms with Gasteiger partial charge >= 0.3 is 0 Å². The van der Waals surface area contributed by atoms with Crippen molar-refractivity contribution in [1.82, 2.24) is 14.1 Å². The van der Waals surface area contributed by atoms with Gasteiger partial charge in [-0.1, -0.05) is 0 Å². The summed E-state index contributed by atoms with van der Waals surface area (Å²) in [4.78, 5) is 17.1. The fourth-order valence-corrected chi connectivity index (χ4v) is 7.21. The minimum absolute atomic E-state index is 0.0962. The third-order valence-corrected chi connectivity index (χ3v) is 9.44. The summed E-state index contributed by atoms with van der Waals surface area (Å²) in [6.07, 6.45) is 4.93. The number of carbonyl (C=O) groups excluding carboxylic acids is 1. The number of hydrogen-bond acceptors (Lipinski definition) is 7. The Labute approximate surface area is 173 Å². The molecule has 3 aliphatic rings. The van der Waals surface area contributed by atoms with Crippen LogP contribution in [0.4, 0.5) is 0 Å². The van der Waals surface area contributed by atoms with E-state index in [0.717, 1.165) is 4.88 Å². The van der Waals surface area contributed by atoms with Gasteiger partial charge < -0.3 is 9.80 Å². The molecule has 0 unspecified atom stereocenters. The fourth-order valence-electron chi connectivity index (χ4n) is 3.36. The maximum absolute atomic E-state index is 13.0. The molecule has 4 rings (SSSR count). The van der Waals surface area contributed by atoms with Crippen molar-refractivity contribution in [1.29, 1.82) is 0 Å². The van der Waals surface area contributed by atoms with Gasteiger partial charge in [-0.05, 0) is 31.2 Å². The Morgan fingerprint density at radius 1 is 1.14 bits per heavy atom. The second-order valence-electron chi connectivity index (χ2n) is 6.88. The Hall–Kier alpha value is -2.02. The van der Waals surface area contributed by atoms with Gasteiger partial charge in [-0.3, -0.25) is 4.79 Å². The number of hydrogen-bond donors (Lipinski definition) is 0. The predicted octanol–water partition coefficient (Wildman–Crippen LogP) is 0.387. The van der Waals surface area contributed by atoms with E-state index in [2.05, 4.69) is 4.40 Å². The molecule has 0 N–H and O–H groups in total. The van der Waals surface area contributed by atoms with Crippen LogP contribution in [0.25, 0.3) is 0 Å². The molecular weight excluding hydrogens is 436 g/mol. The van der Waals surface area contributed by atoms with E-state index in [9.17, 15) is 21.6 Å². The lowest BCUT2D eigenvalue weighted by atomic mass is 10.1. The van der Waals surface area contributed by atoms with Crippen LogP contribution in [-0.4, -0.2) is 81.2 Å². The predicted molar refractivity (Wildman–Crippen MR) is 110 cm³/mol. The number of rotatable bonds is 3. The molecule has 1 aromatic heterocycles. The molecular formula is C17H20N4O5S3. The normalized spacial score (nSPS) is 22.1. The van der Waals surface area contributed by atoms with Gasteiger partial charge in [0.1, 0.15) is 4.21 Å². The number of carbonyl (C=O) groups is 1. The molecule has 1 saturated heterocycles. The van der Waals surface area contributed by atoms with Crippen molar-refractivity contribution >= 4 is 43.1 Å². The number of aryl methyl sites for hydroxylation is 1. The maximum atomic E-state index is 13.0. The highest BCUT2D eigenvalue weighted by atomic mass is 32.2. The van der Waals surface area contributed by atoms with E-state index in [-0.39, 0.29) is 55.8 Å². The molecule has 4 heterocycles. The van der Waals surface area contributed by atoms with E-state index in [1.807, 2.05) is 6.92 Å². The quantitative estimate of drug-likeness (QED) is 0.651. The average molecular weight is 457 g/mol. The van der Waals surface area contributed by atoms with Crippen molar-refractivity contribution in [3.8, 4) is 0 Å². The maximum Gasteiger partial charge on any atom is 0.257 e. The third kappa shape index (κ3) is 3.89. The molecule has 0 radical (unpaired) electrons. The molecule has 0 aliphatic carbocycles. The van der Waals surface area contributed by atoms with E-state index in [1.54, 1.807) is 40.3 Å². The van der Waals surface area contributed by atoms with Crippen LogP contribution in [-0.2, 0) is 24.8 Å². The van der Waals surface area contributed by atoms with Crippen molar-refractivity contribution < 1.29 is 21.6 Å². The first-order chi connectivity index (χ1) is 13.7. The summed E-state index contributed by atoms with van der Waals surface area (Å²) in [6, 6.07) is 3.37. The average Bonchev–Trinajstić information content (AvgIpc) is 3.14. The van der Waals surface area contributed by atoms with Crippen LogP contribution < -0.4 is 0 Å². The first-order valence-corrected chi connectivity index (χ1v) is 12.9. The summed E-state index contributed by atoms with van der Waals surface area (Å²) in [6.45, 7) is 2.91. The van der Waals surface area contributed by atoms with Crippen molar-refractivity contribution in [2.24, 2.45) is 4.40 Å². The van der Waals surface area contributed by atoms with Crippen LogP contribution in [0.2, 0.25) is 0 Å². The molecule has 1 fully saturated rings. The topological polar surface area (TPSA) is 107 Å². The second kappa shape index (κ2) is 7.35. The van der Waals surface area contributed by atoms with Crippen LogP contribution in [0.3, 0.4) is 0 Å². The summed E-state index contributed by atoms with van der Waals surface area (Å²) in [5.41, 5.74) is 0.209. The minimum atomic E-state index is -3.59. The molecule has 0 atom stereocenters. The van der Waals surface area contributed by atoms with Crippen LogP contribution in [0.5, 0.6) is 0 Å². The van der Waals surface area contributed by atoms with Gasteiger partial charge in [0.15, 0.2) is 5.84 Å². The first-order valence-electron chi connectivity index (χ1n) is 9.01. The molecule has 0 bridgehead atoms. The number of nitrogens with zero attached hydrogens (tertiary/aromatic N) is 4. The van der Waals surface area contributed by atoms with Crippen LogP contribution >= 0.6 is 11.3 Å². The van der Waals surface area contributed by atoms with Gasteiger partial charge in [0.2, 0.25) is 0 Å². The Bertz CT molecular complexity index is 1140. The van der Waals surface area contributed by atoms with Crippen molar-refractivity contribution in [2.45, 2.75) is 11.1 Å². The van der Waals surface area contributed by atoms with Crippen LogP contribution in [0.1, 0.15) is 4.88 Å². The molecule has 0 spiro atoms. The van der Waals surface area contributed by atoms with Gasteiger partial charge in [-0.2, -0.15) is 4.31 Å². The molecule has 1 aromatic rings. The highest BCUT2D eigenvalue weighted by Crippen LogP contribution is 2.26. The largest absolute Gasteiger partial charge is 0.336 e. The zero-order valence-corrected chi connectivity index (χ0v) is 18.1. The number of thiophene rings is 1. The Morgan fingerprint density at radius 2 is 1.86 bits per heavy atom. The number of amidine groups is 1.